The van der Waals surface area contributed by atoms with Crippen molar-refractivity contribution in [1.82, 2.24) is 4.90 Å². The highest BCUT2D eigenvalue weighted by molar-refractivity contribution is 5.83. The first-order valence-corrected chi connectivity index (χ1v) is 5.81. The third-order valence-corrected chi connectivity index (χ3v) is 3.26. The second kappa shape index (κ2) is 4.66. The molecule has 1 aromatic carbocycles. The van der Waals surface area contributed by atoms with E-state index in [0.29, 0.717) is 6.04 Å². The molecule has 1 amide bonds. The van der Waals surface area contributed by atoms with Crippen LogP contribution in [0.15, 0.2) is 30.3 Å². The molecule has 1 aliphatic rings. The number of nitrogens with zero attached hydrogens (tertiary/aromatic N) is 1. The molecule has 1 fully saturated rings. The van der Waals surface area contributed by atoms with Crippen molar-refractivity contribution in [2.45, 2.75) is 31.8 Å². The number of nitrogens with two attached hydrogens (primary N) is 1. The fraction of sp³-hybridized carbons (Fsp3) is 0.462. The largest absolute Gasteiger partial charge is 0.338 e. The lowest BCUT2D eigenvalue weighted by molar-refractivity contribution is -0.133. The zero-order chi connectivity index (χ0) is 11.5. The van der Waals surface area contributed by atoms with Crippen LogP contribution in [0.4, 0.5) is 0 Å². The Balaban J connectivity index is 2.10. The summed E-state index contributed by atoms with van der Waals surface area (Å²) in [4.78, 5) is 14.1. The second-order valence-electron chi connectivity index (χ2n) is 4.41. The summed E-state index contributed by atoms with van der Waals surface area (Å²) in [7, 11) is 0. The standard InChI is InChI=1S/C13H18N2O/c1-10-6-5-9-15(10)13(16)12(14)11-7-3-2-4-8-11/h2-4,7-8,10,12H,5-6,9,14H2,1H3/t10?,12-/m1/s1. The van der Waals surface area contributed by atoms with E-state index >= 15 is 0 Å². The molecule has 0 saturated carbocycles. The smallest absolute Gasteiger partial charge is 0.244 e. The van der Waals surface area contributed by atoms with Crippen molar-refractivity contribution in [2.24, 2.45) is 5.73 Å². The highest BCUT2D eigenvalue weighted by Gasteiger charge is 2.29. The number of rotatable bonds is 2. The molecule has 1 aromatic rings. The number of carbonyl (C=O) groups excluding carboxylic acids is 1. The minimum Gasteiger partial charge on any atom is -0.338 e. The summed E-state index contributed by atoms with van der Waals surface area (Å²) in [5, 5.41) is 0. The third kappa shape index (κ3) is 2.09. The Labute approximate surface area is 96.2 Å². The van der Waals surface area contributed by atoms with Crippen molar-refractivity contribution in [3.05, 3.63) is 35.9 Å². The van der Waals surface area contributed by atoms with Gasteiger partial charge in [0.05, 0.1) is 0 Å². The number of amides is 1. The van der Waals surface area contributed by atoms with Crippen LogP contribution < -0.4 is 5.73 Å². The molecule has 2 atom stereocenters. The SMILES string of the molecule is CC1CCCN1C(=O)[C@H](N)c1ccccc1. The molecule has 0 radical (unpaired) electrons. The average molecular weight is 218 g/mol. The van der Waals surface area contributed by atoms with Gasteiger partial charge in [0.15, 0.2) is 0 Å². The summed E-state index contributed by atoms with van der Waals surface area (Å²) in [6.45, 7) is 2.93. The lowest BCUT2D eigenvalue weighted by atomic mass is 10.1. The van der Waals surface area contributed by atoms with E-state index < -0.39 is 6.04 Å². The van der Waals surface area contributed by atoms with Crippen LogP contribution in [0.1, 0.15) is 31.4 Å². The Kier molecular flexibility index (Phi) is 3.25. The van der Waals surface area contributed by atoms with E-state index in [2.05, 4.69) is 6.92 Å². The Morgan fingerprint density at radius 2 is 2.12 bits per heavy atom. The first-order valence-electron chi connectivity index (χ1n) is 5.81. The molecule has 86 valence electrons. The van der Waals surface area contributed by atoms with Gasteiger partial charge in [0.25, 0.3) is 0 Å². The molecule has 0 spiro atoms. The molecule has 16 heavy (non-hydrogen) atoms. The van der Waals surface area contributed by atoms with Gasteiger partial charge in [-0.15, -0.1) is 0 Å². The minimum absolute atomic E-state index is 0.0520. The number of benzene rings is 1. The van der Waals surface area contributed by atoms with Crippen LogP contribution in [0.3, 0.4) is 0 Å². The third-order valence-electron chi connectivity index (χ3n) is 3.26. The van der Waals surface area contributed by atoms with Crippen molar-refractivity contribution in [2.75, 3.05) is 6.54 Å². The highest BCUT2D eigenvalue weighted by Crippen LogP contribution is 2.21. The van der Waals surface area contributed by atoms with Crippen molar-refractivity contribution >= 4 is 5.91 Å². The molecule has 0 aromatic heterocycles. The van der Waals surface area contributed by atoms with Gasteiger partial charge in [0, 0.05) is 12.6 Å². The summed E-state index contributed by atoms with van der Waals surface area (Å²) < 4.78 is 0. The topological polar surface area (TPSA) is 46.3 Å². The molecule has 1 saturated heterocycles. The van der Waals surface area contributed by atoms with Gasteiger partial charge >= 0.3 is 0 Å². The molecule has 1 aliphatic heterocycles. The predicted molar refractivity (Wildman–Crippen MR) is 63.8 cm³/mol. The Bertz CT molecular complexity index is 363. The summed E-state index contributed by atoms with van der Waals surface area (Å²) in [5.74, 6) is 0.0520. The van der Waals surface area contributed by atoms with Crippen LogP contribution in [0, 0.1) is 0 Å². The van der Waals surface area contributed by atoms with E-state index in [-0.39, 0.29) is 5.91 Å². The van der Waals surface area contributed by atoms with Crippen LogP contribution >= 0.6 is 0 Å². The van der Waals surface area contributed by atoms with Gasteiger partial charge in [-0.3, -0.25) is 4.79 Å². The zero-order valence-electron chi connectivity index (χ0n) is 9.60. The van der Waals surface area contributed by atoms with E-state index in [1.54, 1.807) is 0 Å². The number of carbonyl (C=O) groups is 1. The summed E-state index contributed by atoms with van der Waals surface area (Å²) in [6.07, 6.45) is 2.18. The zero-order valence-corrected chi connectivity index (χ0v) is 9.60. The summed E-state index contributed by atoms with van der Waals surface area (Å²) in [6, 6.07) is 9.39. The molecule has 1 unspecified atom stereocenters. The monoisotopic (exact) mass is 218 g/mol. The van der Waals surface area contributed by atoms with Gasteiger partial charge in [-0.25, -0.2) is 0 Å². The quantitative estimate of drug-likeness (QED) is 0.821. The first kappa shape index (κ1) is 11.1. The van der Waals surface area contributed by atoms with Crippen molar-refractivity contribution in [3.63, 3.8) is 0 Å². The fourth-order valence-corrected chi connectivity index (χ4v) is 2.24. The van der Waals surface area contributed by atoms with Crippen LogP contribution in [-0.2, 0) is 4.79 Å². The lowest BCUT2D eigenvalue weighted by Crippen LogP contribution is -2.40. The van der Waals surface area contributed by atoms with Gasteiger partial charge in [0.2, 0.25) is 5.91 Å². The lowest BCUT2D eigenvalue weighted by Gasteiger charge is -2.25. The molecule has 2 N–H and O–H groups in total. The van der Waals surface area contributed by atoms with Crippen LogP contribution in [0.25, 0.3) is 0 Å². The normalized spacial score (nSPS) is 22.1. The van der Waals surface area contributed by atoms with Gasteiger partial charge < -0.3 is 10.6 Å². The minimum atomic E-state index is -0.512. The van der Waals surface area contributed by atoms with E-state index in [0.717, 1.165) is 24.9 Å². The number of hydrogen-bond donors (Lipinski definition) is 1. The molecular weight excluding hydrogens is 200 g/mol. The van der Waals surface area contributed by atoms with E-state index in [1.807, 2.05) is 35.2 Å². The van der Waals surface area contributed by atoms with E-state index in [9.17, 15) is 4.79 Å². The second-order valence-corrected chi connectivity index (χ2v) is 4.41. The van der Waals surface area contributed by atoms with Gasteiger partial charge in [-0.2, -0.15) is 0 Å². The van der Waals surface area contributed by atoms with Crippen molar-refractivity contribution < 1.29 is 4.79 Å². The molecule has 1 heterocycles. The van der Waals surface area contributed by atoms with Crippen LogP contribution in [0.5, 0.6) is 0 Å². The van der Waals surface area contributed by atoms with Crippen molar-refractivity contribution in [1.29, 1.82) is 0 Å². The highest BCUT2D eigenvalue weighted by atomic mass is 16.2. The van der Waals surface area contributed by atoms with E-state index in [1.165, 1.54) is 0 Å². The number of likely N-dealkylation sites (tertiary alicyclic amines) is 1. The Hall–Kier alpha value is -1.35. The van der Waals surface area contributed by atoms with Crippen molar-refractivity contribution in [3.8, 4) is 0 Å². The molecule has 3 nitrogen and oxygen atoms in total. The predicted octanol–water partition coefficient (Wildman–Crippen LogP) is 1.70. The number of hydrogen-bond acceptors (Lipinski definition) is 2. The molecule has 0 aliphatic carbocycles. The van der Waals surface area contributed by atoms with E-state index in [4.69, 9.17) is 5.73 Å². The maximum Gasteiger partial charge on any atom is 0.244 e. The molecule has 0 bridgehead atoms. The average Bonchev–Trinajstić information content (AvgIpc) is 2.75. The molecule has 3 heteroatoms. The van der Waals surface area contributed by atoms with Gasteiger partial charge in [-0.05, 0) is 25.3 Å². The van der Waals surface area contributed by atoms with Crippen LogP contribution in [0.2, 0.25) is 0 Å². The fourth-order valence-electron chi connectivity index (χ4n) is 2.24. The maximum absolute atomic E-state index is 12.2. The first-order chi connectivity index (χ1) is 7.70. The molecular formula is C13H18N2O. The Morgan fingerprint density at radius 1 is 1.44 bits per heavy atom. The maximum atomic E-state index is 12.2. The van der Waals surface area contributed by atoms with Crippen LogP contribution in [-0.4, -0.2) is 23.4 Å². The van der Waals surface area contributed by atoms with Gasteiger partial charge in [0.1, 0.15) is 6.04 Å². The molecule has 2 rings (SSSR count). The summed E-state index contributed by atoms with van der Waals surface area (Å²) >= 11 is 0. The summed E-state index contributed by atoms with van der Waals surface area (Å²) in [5.41, 5.74) is 6.88. The van der Waals surface area contributed by atoms with Gasteiger partial charge in [-0.1, -0.05) is 30.3 Å². The Morgan fingerprint density at radius 3 is 2.69 bits per heavy atom.